The van der Waals surface area contributed by atoms with Gasteiger partial charge in [-0.3, -0.25) is 4.79 Å². The zero-order valence-electron chi connectivity index (χ0n) is 20.2. The van der Waals surface area contributed by atoms with Gasteiger partial charge in [0, 0.05) is 28.3 Å². The Morgan fingerprint density at radius 2 is 1.92 bits per heavy atom. The lowest BCUT2D eigenvalue weighted by atomic mass is 9.97. The monoisotopic (exact) mass is 539 g/mol. The van der Waals surface area contributed by atoms with Crippen molar-refractivity contribution in [3.8, 4) is 28.5 Å². The Morgan fingerprint density at radius 3 is 2.63 bits per heavy atom. The van der Waals surface area contributed by atoms with E-state index in [1.165, 1.54) is 15.3 Å². The van der Waals surface area contributed by atoms with Crippen molar-refractivity contribution in [2.45, 2.75) is 24.2 Å². The van der Waals surface area contributed by atoms with Gasteiger partial charge in [0.05, 0.1) is 16.5 Å². The highest BCUT2D eigenvalue weighted by Gasteiger charge is 2.44. The zero-order valence-corrected chi connectivity index (χ0v) is 21.8. The van der Waals surface area contributed by atoms with Crippen LogP contribution in [0.3, 0.4) is 0 Å². The lowest BCUT2D eigenvalue weighted by Gasteiger charge is -2.14. The highest BCUT2D eigenvalue weighted by molar-refractivity contribution is 7.90. The Kier molecular flexibility index (Phi) is 5.67. The minimum atomic E-state index is -4.11. The number of carboxylic acids is 1. The molecule has 38 heavy (non-hydrogen) atoms. The molecule has 2 aromatic carbocycles. The van der Waals surface area contributed by atoms with E-state index in [2.05, 4.69) is 11.1 Å². The number of nitrogens with zero attached hydrogens (tertiary/aromatic N) is 3. The molecule has 9 heteroatoms. The van der Waals surface area contributed by atoms with Gasteiger partial charge in [0.25, 0.3) is 10.0 Å². The van der Waals surface area contributed by atoms with Crippen LogP contribution in [0.2, 0.25) is 0 Å². The van der Waals surface area contributed by atoms with Crippen LogP contribution in [0.1, 0.15) is 28.3 Å². The van der Waals surface area contributed by atoms with Crippen molar-refractivity contribution >= 4 is 38.4 Å². The molecule has 0 spiro atoms. The second-order valence-electron chi connectivity index (χ2n) is 9.37. The number of pyridine rings is 1. The SMILES string of the molecule is Cc1ccc(S(=O)(=O)n2c(-c3cccc(C4CC4C(=O)O)c3)c(-c3ccsc3C#N)c3cccnc32)cc1. The first-order chi connectivity index (χ1) is 18.3. The van der Waals surface area contributed by atoms with E-state index in [0.29, 0.717) is 39.1 Å². The first-order valence-electron chi connectivity index (χ1n) is 11.9. The Balaban J connectivity index is 1.70. The maximum absolute atomic E-state index is 14.2. The Labute approximate surface area is 223 Å². The van der Waals surface area contributed by atoms with Crippen LogP contribution in [0.4, 0.5) is 0 Å². The fourth-order valence-electron chi connectivity index (χ4n) is 5.02. The van der Waals surface area contributed by atoms with Gasteiger partial charge in [-0.05, 0) is 66.6 Å². The highest BCUT2D eigenvalue weighted by atomic mass is 32.2. The molecule has 7 nitrogen and oxygen atoms in total. The molecule has 1 N–H and O–H groups in total. The van der Waals surface area contributed by atoms with Crippen LogP contribution in [0.15, 0.2) is 83.2 Å². The molecule has 0 amide bonds. The van der Waals surface area contributed by atoms with Crippen LogP contribution >= 0.6 is 11.3 Å². The summed E-state index contributed by atoms with van der Waals surface area (Å²) < 4.78 is 29.8. The predicted molar refractivity (Wildman–Crippen MR) is 145 cm³/mol. The van der Waals surface area contributed by atoms with Gasteiger partial charge in [-0.25, -0.2) is 17.4 Å². The van der Waals surface area contributed by atoms with Crippen LogP contribution < -0.4 is 0 Å². The molecule has 5 aromatic rings. The number of aryl methyl sites for hydroxylation is 1. The first kappa shape index (κ1) is 24.1. The second-order valence-corrected chi connectivity index (χ2v) is 12.1. The molecule has 1 saturated carbocycles. The molecule has 0 aliphatic heterocycles. The number of fused-ring (bicyclic) bond motifs is 1. The molecule has 6 rings (SSSR count). The van der Waals surface area contributed by atoms with Gasteiger partial charge in [-0.2, -0.15) is 5.26 Å². The van der Waals surface area contributed by atoms with E-state index in [1.807, 2.05) is 48.7 Å². The normalized spacial score (nSPS) is 16.8. The van der Waals surface area contributed by atoms with E-state index < -0.39 is 21.9 Å². The number of aromatic nitrogens is 2. The molecular weight excluding hydrogens is 518 g/mol. The van der Waals surface area contributed by atoms with Gasteiger partial charge < -0.3 is 5.11 Å². The van der Waals surface area contributed by atoms with Gasteiger partial charge in [0.2, 0.25) is 0 Å². The van der Waals surface area contributed by atoms with Crippen molar-refractivity contribution in [3.63, 3.8) is 0 Å². The van der Waals surface area contributed by atoms with Crippen molar-refractivity contribution in [1.29, 1.82) is 5.26 Å². The van der Waals surface area contributed by atoms with Gasteiger partial charge in [-0.1, -0.05) is 35.9 Å². The fourth-order valence-corrected chi connectivity index (χ4v) is 7.21. The molecule has 3 aromatic heterocycles. The summed E-state index contributed by atoms with van der Waals surface area (Å²) in [4.78, 5) is 16.6. The van der Waals surface area contributed by atoms with Crippen molar-refractivity contribution in [3.05, 3.63) is 94.3 Å². The van der Waals surface area contributed by atoms with Crippen molar-refractivity contribution in [1.82, 2.24) is 8.96 Å². The number of thiophene rings is 1. The van der Waals surface area contributed by atoms with E-state index in [-0.39, 0.29) is 16.5 Å². The lowest BCUT2D eigenvalue weighted by molar-refractivity contribution is -0.138. The largest absolute Gasteiger partial charge is 0.481 e. The van der Waals surface area contributed by atoms with Crippen molar-refractivity contribution in [2.75, 3.05) is 0 Å². The van der Waals surface area contributed by atoms with Crippen molar-refractivity contribution < 1.29 is 18.3 Å². The molecule has 2 unspecified atom stereocenters. The number of benzene rings is 2. The molecule has 188 valence electrons. The smallest absolute Gasteiger partial charge is 0.307 e. The molecule has 1 aliphatic carbocycles. The molecule has 2 atom stereocenters. The summed E-state index contributed by atoms with van der Waals surface area (Å²) >= 11 is 1.29. The topological polar surface area (TPSA) is 113 Å². The van der Waals surface area contributed by atoms with Crippen LogP contribution in [-0.4, -0.2) is 28.5 Å². The number of aliphatic carboxylic acids is 1. The van der Waals surface area contributed by atoms with Crippen LogP contribution in [0.5, 0.6) is 0 Å². The van der Waals surface area contributed by atoms with E-state index in [9.17, 15) is 23.6 Å². The average Bonchev–Trinajstić information content (AvgIpc) is 3.46. The summed E-state index contributed by atoms with van der Waals surface area (Å²) in [5.74, 6) is -1.41. The Bertz CT molecular complexity index is 1880. The third kappa shape index (κ3) is 3.81. The number of carboxylic acid groups (broad SMARTS) is 1. The quantitative estimate of drug-likeness (QED) is 0.282. The number of nitriles is 1. The van der Waals surface area contributed by atoms with E-state index in [0.717, 1.165) is 11.1 Å². The molecule has 0 radical (unpaired) electrons. The third-order valence-electron chi connectivity index (χ3n) is 6.98. The molecular formula is C29H21N3O4S2. The standard InChI is InChI=1S/C29H21N3O4S2/c1-17-7-9-20(10-8-17)38(35,36)32-27(19-5-2-4-18(14-19)23-15-24(23)29(33)34)26(21-11-13-37-25(21)16-30)22-6-3-12-31-28(22)32/h2-14,23-24H,15H2,1H3,(H,33,34). The van der Waals surface area contributed by atoms with Crippen molar-refractivity contribution in [2.24, 2.45) is 5.92 Å². The van der Waals surface area contributed by atoms with Crippen LogP contribution in [-0.2, 0) is 14.8 Å². The molecule has 1 fully saturated rings. The van der Waals surface area contributed by atoms with Gasteiger partial charge in [0.15, 0.2) is 5.65 Å². The summed E-state index contributed by atoms with van der Waals surface area (Å²) in [5.41, 5.74) is 4.26. The fraction of sp³-hybridized carbons (Fsp3) is 0.138. The van der Waals surface area contributed by atoms with Crippen LogP contribution in [0, 0.1) is 24.2 Å². The van der Waals surface area contributed by atoms with Gasteiger partial charge in [-0.15, -0.1) is 11.3 Å². The second kappa shape index (κ2) is 8.94. The number of hydrogen-bond acceptors (Lipinski definition) is 6. The first-order valence-corrected chi connectivity index (χ1v) is 14.3. The summed E-state index contributed by atoms with van der Waals surface area (Å²) in [5, 5.41) is 21.7. The summed E-state index contributed by atoms with van der Waals surface area (Å²) in [6.45, 7) is 1.89. The summed E-state index contributed by atoms with van der Waals surface area (Å²) in [6.07, 6.45) is 2.09. The average molecular weight is 540 g/mol. The zero-order chi connectivity index (χ0) is 26.6. The minimum absolute atomic E-state index is 0.119. The maximum Gasteiger partial charge on any atom is 0.307 e. The van der Waals surface area contributed by atoms with E-state index in [4.69, 9.17) is 0 Å². The highest BCUT2D eigenvalue weighted by Crippen LogP contribution is 2.49. The number of carbonyl (C=O) groups is 1. The number of rotatable bonds is 6. The predicted octanol–water partition coefficient (Wildman–Crippen LogP) is 6.04. The Hall–Kier alpha value is -4.26. The Morgan fingerprint density at radius 1 is 1.13 bits per heavy atom. The molecule has 3 heterocycles. The molecule has 0 saturated heterocycles. The van der Waals surface area contributed by atoms with Gasteiger partial charge >= 0.3 is 5.97 Å². The van der Waals surface area contributed by atoms with E-state index >= 15 is 0 Å². The summed E-state index contributed by atoms with van der Waals surface area (Å²) in [7, 11) is -4.11. The summed E-state index contributed by atoms with van der Waals surface area (Å²) in [6, 6.07) is 21.6. The lowest BCUT2D eigenvalue weighted by Crippen LogP contribution is -2.15. The maximum atomic E-state index is 14.2. The van der Waals surface area contributed by atoms with Gasteiger partial charge in [0.1, 0.15) is 10.9 Å². The molecule has 1 aliphatic rings. The third-order valence-corrected chi connectivity index (χ3v) is 9.50. The number of hydrogen-bond donors (Lipinski definition) is 1. The van der Waals surface area contributed by atoms with E-state index in [1.54, 1.807) is 36.5 Å². The molecule has 0 bridgehead atoms. The minimum Gasteiger partial charge on any atom is -0.481 e. The van der Waals surface area contributed by atoms with Crippen LogP contribution in [0.25, 0.3) is 33.4 Å².